The third-order valence-corrected chi connectivity index (χ3v) is 7.80. The zero-order chi connectivity index (χ0) is 29.9. The number of amides is 2. The van der Waals surface area contributed by atoms with Gasteiger partial charge in [-0.15, -0.1) is 0 Å². The van der Waals surface area contributed by atoms with Gasteiger partial charge in [-0.2, -0.15) is 10.4 Å². The summed E-state index contributed by atoms with van der Waals surface area (Å²) in [6.45, 7) is 2.82. The van der Waals surface area contributed by atoms with E-state index in [0.717, 1.165) is 44.0 Å². The van der Waals surface area contributed by atoms with E-state index in [4.69, 9.17) is 4.74 Å². The molecule has 0 aliphatic heterocycles. The molecule has 0 radical (unpaired) electrons. The van der Waals surface area contributed by atoms with E-state index in [2.05, 4.69) is 32.1 Å². The molecule has 4 N–H and O–H groups in total. The van der Waals surface area contributed by atoms with Gasteiger partial charge < -0.3 is 25.8 Å². The average Bonchev–Trinajstić information content (AvgIpc) is 3.71. The first-order valence-electron chi connectivity index (χ1n) is 14.3. The Balaban J connectivity index is 1.32. The van der Waals surface area contributed by atoms with Gasteiger partial charge in [-0.25, -0.2) is 13.7 Å². The van der Waals surface area contributed by atoms with Crippen LogP contribution < -0.4 is 16.0 Å². The molecule has 2 saturated carbocycles. The fraction of sp³-hybridized carbons (Fsp3) is 0.500. The first-order valence-corrected chi connectivity index (χ1v) is 14.3. The summed E-state index contributed by atoms with van der Waals surface area (Å²) < 4.78 is 21.3. The summed E-state index contributed by atoms with van der Waals surface area (Å²) in [5, 5.41) is 32.5. The molecule has 1 atom stereocenters. The van der Waals surface area contributed by atoms with Crippen LogP contribution in [0.1, 0.15) is 68.3 Å². The quantitative estimate of drug-likeness (QED) is 0.282. The number of fused-ring (bicyclic) bond motifs is 1. The minimum absolute atomic E-state index is 0.0188. The van der Waals surface area contributed by atoms with Crippen LogP contribution in [0, 0.1) is 17.2 Å². The number of pyridine rings is 1. The lowest BCUT2D eigenvalue weighted by Gasteiger charge is -2.30. The fourth-order valence-electron chi connectivity index (χ4n) is 4.97. The number of nitriles is 1. The van der Waals surface area contributed by atoms with Crippen LogP contribution in [0.25, 0.3) is 16.9 Å². The largest absolute Gasteiger partial charge is 0.449 e. The van der Waals surface area contributed by atoms with Gasteiger partial charge in [-0.3, -0.25) is 9.78 Å². The number of hydrogen-bond donors (Lipinski definition) is 4. The van der Waals surface area contributed by atoms with Gasteiger partial charge in [0.2, 0.25) is 0 Å². The Morgan fingerprint density at radius 3 is 2.60 bits per heavy atom. The lowest BCUT2D eigenvalue weighted by molar-refractivity contribution is -0.00178. The van der Waals surface area contributed by atoms with Crippen molar-refractivity contribution in [2.24, 2.45) is 5.92 Å². The van der Waals surface area contributed by atoms with Gasteiger partial charge in [0, 0.05) is 18.3 Å². The molecule has 0 bridgehead atoms. The second-order valence-electron chi connectivity index (χ2n) is 11.7. The van der Waals surface area contributed by atoms with E-state index in [1.165, 1.54) is 26.2 Å². The van der Waals surface area contributed by atoms with Crippen molar-refractivity contribution in [1.29, 1.82) is 5.26 Å². The SMILES string of the molecule is CC(C)(O)[C@H](F)CNC(=O)c1cnc(-c2ccc3cc(C#N)cnn23)cc1NC1CCC(NC(=O)OCC2CC2)CC1. The maximum absolute atomic E-state index is 14.4. The summed E-state index contributed by atoms with van der Waals surface area (Å²) in [5.41, 5.74) is 1.57. The number of aliphatic hydroxyl groups is 1. The van der Waals surface area contributed by atoms with E-state index < -0.39 is 17.7 Å². The fourth-order valence-corrected chi connectivity index (χ4v) is 4.97. The molecule has 0 unspecified atom stereocenters. The second kappa shape index (κ2) is 12.3. The highest BCUT2D eigenvalue weighted by molar-refractivity contribution is 6.00. The van der Waals surface area contributed by atoms with Crippen molar-refractivity contribution < 1.29 is 23.8 Å². The summed E-state index contributed by atoms with van der Waals surface area (Å²) in [7, 11) is 0. The summed E-state index contributed by atoms with van der Waals surface area (Å²) in [6, 6.07) is 9.28. The number of rotatable bonds is 10. The second-order valence-corrected chi connectivity index (χ2v) is 11.7. The number of aromatic nitrogens is 3. The molecule has 3 aromatic heterocycles. The number of hydrogen-bond acceptors (Lipinski definition) is 8. The number of anilines is 1. The van der Waals surface area contributed by atoms with Gasteiger partial charge >= 0.3 is 6.09 Å². The van der Waals surface area contributed by atoms with Gasteiger partial charge in [-0.05, 0) is 82.6 Å². The van der Waals surface area contributed by atoms with Crippen molar-refractivity contribution in [2.75, 3.05) is 18.5 Å². The Hall–Kier alpha value is -4.24. The number of halogens is 1. The van der Waals surface area contributed by atoms with Gasteiger partial charge in [-0.1, -0.05) is 0 Å². The summed E-state index contributed by atoms with van der Waals surface area (Å²) >= 11 is 0. The Morgan fingerprint density at radius 2 is 1.90 bits per heavy atom. The van der Waals surface area contributed by atoms with Gasteiger partial charge in [0.15, 0.2) is 0 Å². The molecular formula is C30H36FN7O4. The minimum Gasteiger partial charge on any atom is -0.449 e. The molecule has 0 spiro atoms. The Bertz CT molecular complexity index is 1480. The Kier molecular flexibility index (Phi) is 8.59. The number of ether oxygens (including phenoxy) is 1. The van der Waals surface area contributed by atoms with Crippen molar-refractivity contribution in [3.05, 3.63) is 47.8 Å². The molecule has 3 heterocycles. The van der Waals surface area contributed by atoms with Gasteiger partial charge in [0.05, 0.1) is 58.7 Å². The van der Waals surface area contributed by atoms with Gasteiger partial charge in [0.25, 0.3) is 5.91 Å². The number of nitrogens with one attached hydrogen (secondary N) is 3. The van der Waals surface area contributed by atoms with E-state index in [1.807, 2.05) is 12.1 Å². The third-order valence-electron chi connectivity index (χ3n) is 7.80. The normalized spacial score (nSPS) is 19.5. The molecular weight excluding hydrogens is 541 g/mol. The Morgan fingerprint density at radius 1 is 1.17 bits per heavy atom. The van der Waals surface area contributed by atoms with Crippen molar-refractivity contribution >= 4 is 23.2 Å². The summed E-state index contributed by atoms with van der Waals surface area (Å²) in [4.78, 5) is 29.8. The molecule has 2 amide bonds. The van der Waals surface area contributed by atoms with Crippen LogP contribution in [0.4, 0.5) is 14.9 Å². The molecule has 2 aliphatic carbocycles. The van der Waals surface area contributed by atoms with Crippen LogP contribution >= 0.6 is 0 Å². The number of alkyl carbamates (subject to hydrolysis) is 1. The van der Waals surface area contributed by atoms with E-state index in [9.17, 15) is 24.3 Å². The molecule has 2 aliphatic rings. The maximum atomic E-state index is 14.4. The first-order chi connectivity index (χ1) is 20.1. The lowest BCUT2D eigenvalue weighted by atomic mass is 9.91. The highest BCUT2D eigenvalue weighted by atomic mass is 19.1. The van der Waals surface area contributed by atoms with E-state index in [0.29, 0.717) is 35.2 Å². The third kappa shape index (κ3) is 7.15. The lowest BCUT2D eigenvalue weighted by Crippen LogP contribution is -2.42. The smallest absolute Gasteiger partial charge is 0.407 e. The molecule has 12 heteroatoms. The van der Waals surface area contributed by atoms with Crippen molar-refractivity contribution in [3.8, 4) is 17.5 Å². The molecule has 222 valence electrons. The van der Waals surface area contributed by atoms with Crippen molar-refractivity contribution in [1.82, 2.24) is 25.2 Å². The highest BCUT2D eigenvalue weighted by Crippen LogP contribution is 2.30. The standard InChI is InChI=1S/C30H36FN7O4/c1-30(2,41)27(31)16-34-28(39)23-15-33-25(26-10-9-22-11-19(13-32)14-35-38(22)26)12-24(23)36-20-5-7-21(8-6-20)37-29(40)42-17-18-3-4-18/h9-12,14-15,18,20-21,27,41H,3-8,16-17H2,1-2H3,(H,33,36)(H,34,39)(H,37,40)/t20?,21?,27-/m1/s1. The predicted molar refractivity (Wildman–Crippen MR) is 154 cm³/mol. The maximum Gasteiger partial charge on any atom is 0.407 e. The number of carbonyl (C=O) groups excluding carboxylic acids is 2. The van der Waals surface area contributed by atoms with Crippen LogP contribution in [0.3, 0.4) is 0 Å². The van der Waals surface area contributed by atoms with Crippen LogP contribution in [-0.2, 0) is 4.74 Å². The zero-order valence-electron chi connectivity index (χ0n) is 23.8. The molecule has 5 rings (SSSR count). The molecule has 11 nitrogen and oxygen atoms in total. The topological polar surface area (TPSA) is 154 Å². The van der Waals surface area contributed by atoms with Gasteiger partial charge in [0.1, 0.15) is 12.2 Å². The Labute approximate surface area is 243 Å². The first kappa shape index (κ1) is 29.3. The van der Waals surface area contributed by atoms with Crippen molar-refractivity contribution in [3.63, 3.8) is 0 Å². The van der Waals surface area contributed by atoms with Crippen molar-refractivity contribution in [2.45, 2.75) is 76.2 Å². The number of carbonyl (C=O) groups is 2. The minimum atomic E-state index is -1.65. The monoisotopic (exact) mass is 577 g/mol. The molecule has 0 aromatic carbocycles. The number of alkyl halides is 1. The highest BCUT2D eigenvalue weighted by Gasteiger charge is 2.29. The van der Waals surface area contributed by atoms with E-state index in [-0.39, 0.29) is 30.3 Å². The summed E-state index contributed by atoms with van der Waals surface area (Å²) in [5.74, 6) is -0.0113. The predicted octanol–water partition coefficient (Wildman–Crippen LogP) is 3.97. The van der Waals surface area contributed by atoms with Crippen LogP contribution in [0.5, 0.6) is 0 Å². The zero-order valence-corrected chi connectivity index (χ0v) is 23.8. The van der Waals surface area contributed by atoms with E-state index in [1.54, 1.807) is 16.6 Å². The molecule has 3 aromatic rings. The molecule has 0 saturated heterocycles. The van der Waals surface area contributed by atoms with Crippen LogP contribution in [-0.4, -0.2) is 68.7 Å². The summed E-state index contributed by atoms with van der Waals surface area (Å²) in [6.07, 6.45) is 6.13. The van der Waals surface area contributed by atoms with Crippen LogP contribution in [0.15, 0.2) is 36.7 Å². The van der Waals surface area contributed by atoms with E-state index >= 15 is 0 Å². The van der Waals surface area contributed by atoms with Crippen LogP contribution in [0.2, 0.25) is 0 Å². The molecule has 42 heavy (non-hydrogen) atoms. The average molecular weight is 578 g/mol. The molecule has 2 fully saturated rings. The number of nitrogens with zero attached hydrogens (tertiary/aromatic N) is 4.